The van der Waals surface area contributed by atoms with Crippen molar-refractivity contribution in [2.24, 2.45) is 23.0 Å². The molecular weight excluding hydrogens is 148 g/mol. The molecule has 0 saturated heterocycles. The summed E-state index contributed by atoms with van der Waals surface area (Å²) in [5.74, 6) is 1.64. The number of hydrogen-bond donors (Lipinski definition) is 1. The van der Waals surface area contributed by atoms with Crippen LogP contribution >= 0.6 is 0 Å². The van der Waals surface area contributed by atoms with Crippen LogP contribution in [0.2, 0.25) is 0 Å². The van der Waals surface area contributed by atoms with Crippen molar-refractivity contribution in [3.05, 3.63) is 0 Å². The highest BCUT2D eigenvalue weighted by Gasteiger charge is 2.55. The monoisotopic (exact) mass is 170 g/mol. The van der Waals surface area contributed by atoms with Crippen LogP contribution in [0.15, 0.2) is 0 Å². The van der Waals surface area contributed by atoms with E-state index in [1.54, 1.807) is 0 Å². The van der Waals surface area contributed by atoms with E-state index in [0.717, 1.165) is 18.4 Å². The van der Waals surface area contributed by atoms with Gasteiger partial charge in [-0.15, -0.1) is 0 Å². The second-order valence-electron chi connectivity index (χ2n) is 4.86. The highest BCUT2D eigenvalue weighted by atomic mass is 15.0. The summed E-state index contributed by atoms with van der Waals surface area (Å²) in [6, 6.07) is 0. The molecule has 1 saturated carbocycles. The Morgan fingerprint density at radius 3 is 2.17 bits per heavy atom. The van der Waals surface area contributed by atoms with E-state index in [-0.39, 0.29) is 0 Å². The quantitative estimate of drug-likeness (QED) is 0.686. The number of hydrogen-bond acceptors (Lipinski definition) is 2. The molecule has 0 unspecified atom stereocenters. The first-order valence-electron chi connectivity index (χ1n) is 4.85. The molecule has 2 nitrogen and oxygen atoms in total. The van der Waals surface area contributed by atoms with Crippen LogP contribution in [0.4, 0.5) is 0 Å². The van der Waals surface area contributed by atoms with Crippen LogP contribution in [0.1, 0.15) is 20.3 Å². The Kier molecular flexibility index (Phi) is 2.79. The molecule has 12 heavy (non-hydrogen) atoms. The molecule has 0 spiro atoms. The maximum atomic E-state index is 5.69. The van der Waals surface area contributed by atoms with E-state index in [0.29, 0.717) is 5.41 Å². The van der Waals surface area contributed by atoms with Crippen LogP contribution in [0.25, 0.3) is 0 Å². The third-order valence-corrected chi connectivity index (χ3v) is 3.43. The zero-order chi connectivity index (χ0) is 9.35. The Bertz CT molecular complexity index is 152. The third-order valence-electron chi connectivity index (χ3n) is 3.43. The first-order valence-corrected chi connectivity index (χ1v) is 4.85. The highest BCUT2D eigenvalue weighted by Crippen LogP contribution is 2.59. The van der Waals surface area contributed by atoms with E-state index >= 15 is 0 Å². The largest absolute Gasteiger partial charge is 0.330 e. The minimum Gasteiger partial charge on any atom is -0.330 e. The van der Waals surface area contributed by atoms with Crippen molar-refractivity contribution in [3.8, 4) is 0 Å². The van der Waals surface area contributed by atoms with E-state index in [2.05, 4.69) is 32.8 Å². The van der Waals surface area contributed by atoms with E-state index in [4.69, 9.17) is 5.73 Å². The Labute approximate surface area is 76.1 Å². The van der Waals surface area contributed by atoms with E-state index in [9.17, 15) is 0 Å². The topological polar surface area (TPSA) is 29.3 Å². The van der Waals surface area contributed by atoms with E-state index in [1.165, 1.54) is 13.0 Å². The average molecular weight is 170 g/mol. The summed E-state index contributed by atoms with van der Waals surface area (Å²) >= 11 is 0. The normalized spacial score (nSPS) is 32.5. The van der Waals surface area contributed by atoms with Crippen molar-refractivity contribution < 1.29 is 0 Å². The van der Waals surface area contributed by atoms with Gasteiger partial charge in [0.05, 0.1) is 0 Å². The van der Waals surface area contributed by atoms with Gasteiger partial charge in [-0.25, -0.2) is 0 Å². The second kappa shape index (κ2) is 3.35. The maximum Gasteiger partial charge on any atom is -0.00219 e. The summed E-state index contributed by atoms with van der Waals surface area (Å²) in [5, 5.41) is 0. The van der Waals surface area contributed by atoms with Crippen molar-refractivity contribution >= 4 is 0 Å². The maximum absolute atomic E-state index is 5.69. The Morgan fingerprint density at radius 2 is 1.83 bits per heavy atom. The summed E-state index contributed by atoms with van der Waals surface area (Å²) in [5.41, 5.74) is 6.21. The van der Waals surface area contributed by atoms with E-state index in [1.807, 2.05) is 0 Å². The van der Waals surface area contributed by atoms with Gasteiger partial charge in [0.2, 0.25) is 0 Å². The molecule has 0 aromatic carbocycles. The third kappa shape index (κ3) is 1.80. The van der Waals surface area contributed by atoms with Gasteiger partial charge in [0, 0.05) is 0 Å². The van der Waals surface area contributed by atoms with Crippen LogP contribution < -0.4 is 5.73 Å². The smallest absolute Gasteiger partial charge is 0.00219 e. The molecular formula is C10H22N2. The van der Waals surface area contributed by atoms with Crippen LogP contribution in [0.5, 0.6) is 0 Å². The SMILES string of the molecule is CN(C)CC[C@H]1[C@H](CN)C1(C)C. The molecule has 1 aliphatic carbocycles. The number of nitrogens with two attached hydrogens (primary N) is 1. The van der Waals surface area contributed by atoms with Gasteiger partial charge in [-0.05, 0) is 50.9 Å². The molecule has 0 aromatic heterocycles. The molecule has 72 valence electrons. The Hall–Kier alpha value is -0.0800. The van der Waals surface area contributed by atoms with Crippen LogP contribution in [0, 0.1) is 17.3 Å². The first kappa shape index (κ1) is 10.0. The lowest BCUT2D eigenvalue weighted by molar-refractivity contribution is 0.372. The summed E-state index contributed by atoms with van der Waals surface area (Å²) < 4.78 is 0. The standard InChI is InChI=1S/C10H22N2/c1-10(2)8(9(10)7-11)5-6-12(3)4/h8-9H,5-7,11H2,1-4H3/t8-,9-/m0/s1. The zero-order valence-electron chi connectivity index (χ0n) is 8.80. The van der Waals surface area contributed by atoms with Crippen molar-refractivity contribution in [3.63, 3.8) is 0 Å². The van der Waals surface area contributed by atoms with Crippen LogP contribution in [-0.2, 0) is 0 Å². The average Bonchev–Trinajstić information content (AvgIpc) is 2.48. The minimum atomic E-state index is 0.519. The Morgan fingerprint density at radius 1 is 1.25 bits per heavy atom. The van der Waals surface area contributed by atoms with Gasteiger partial charge < -0.3 is 10.6 Å². The predicted octanol–water partition coefficient (Wildman–Crippen LogP) is 1.17. The van der Waals surface area contributed by atoms with E-state index < -0.39 is 0 Å². The fourth-order valence-electron chi connectivity index (χ4n) is 2.30. The molecule has 1 fully saturated rings. The highest BCUT2D eigenvalue weighted by molar-refractivity contribution is 5.05. The summed E-state index contributed by atoms with van der Waals surface area (Å²) in [6.07, 6.45) is 1.31. The molecule has 2 N–H and O–H groups in total. The van der Waals surface area contributed by atoms with Crippen LogP contribution in [0.3, 0.4) is 0 Å². The molecule has 0 radical (unpaired) electrons. The molecule has 2 atom stereocenters. The van der Waals surface area contributed by atoms with Gasteiger partial charge in [-0.1, -0.05) is 13.8 Å². The van der Waals surface area contributed by atoms with Gasteiger partial charge >= 0.3 is 0 Å². The Balaban J connectivity index is 2.28. The van der Waals surface area contributed by atoms with Crippen molar-refractivity contribution in [2.75, 3.05) is 27.2 Å². The lowest BCUT2D eigenvalue weighted by Crippen LogP contribution is -2.14. The van der Waals surface area contributed by atoms with Gasteiger partial charge in [0.25, 0.3) is 0 Å². The van der Waals surface area contributed by atoms with Gasteiger partial charge in [-0.2, -0.15) is 0 Å². The van der Waals surface area contributed by atoms with Gasteiger partial charge in [0.1, 0.15) is 0 Å². The van der Waals surface area contributed by atoms with Gasteiger partial charge in [-0.3, -0.25) is 0 Å². The van der Waals surface area contributed by atoms with Crippen LogP contribution in [-0.4, -0.2) is 32.1 Å². The predicted molar refractivity (Wildman–Crippen MR) is 53.0 cm³/mol. The number of rotatable bonds is 4. The molecule has 0 amide bonds. The molecule has 1 rings (SSSR count). The van der Waals surface area contributed by atoms with Crippen molar-refractivity contribution in [1.82, 2.24) is 4.90 Å². The zero-order valence-corrected chi connectivity index (χ0v) is 8.80. The number of nitrogens with zero attached hydrogens (tertiary/aromatic N) is 1. The minimum absolute atomic E-state index is 0.519. The lowest BCUT2D eigenvalue weighted by Gasteiger charge is -2.09. The van der Waals surface area contributed by atoms with Gasteiger partial charge in [0.15, 0.2) is 0 Å². The lowest BCUT2D eigenvalue weighted by atomic mass is 10.1. The molecule has 0 aromatic rings. The fraction of sp³-hybridized carbons (Fsp3) is 1.00. The van der Waals surface area contributed by atoms with Crippen molar-refractivity contribution in [2.45, 2.75) is 20.3 Å². The molecule has 0 heterocycles. The summed E-state index contributed by atoms with van der Waals surface area (Å²) in [4.78, 5) is 2.25. The molecule has 0 bridgehead atoms. The summed E-state index contributed by atoms with van der Waals surface area (Å²) in [6.45, 7) is 6.74. The molecule has 2 heteroatoms. The first-order chi connectivity index (χ1) is 5.50. The summed E-state index contributed by atoms with van der Waals surface area (Å²) in [7, 11) is 4.26. The van der Waals surface area contributed by atoms with Crippen molar-refractivity contribution in [1.29, 1.82) is 0 Å². The molecule has 1 aliphatic rings. The molecule has 0 aliphatic heterocycles. The second-order valence-corrected chi connectivity index (χ2v) is 4.86. The fourth-order valence-corrected chi connectivity index (χ4v) is 2.30.